The molecule has 0 unspecified atom stereocenters. The summed E-state index contributed by atoms with van der Waals surface area (Å²) in [5.74, 6) is 0.224. The number of thioether (sulfide) groups is 1. The fourth-order valence-electron chi connectivity index (χ4n) is 3.37. The predicted molar refractivity (Wildman–Crippen MR) is 108 cm³/mol. The Labute approximate surface area is 167 Å². The first kappa shape index (κ1) is 18.9. The van der Waals surface area contributed by atoms with Crippen molar-refractivity contribution < 1.29 is 9.53 Å². The average Bonchev–Trinajstić information content (AvgIpc) is 3.38. The third-order valence-corrected chi connectivity index (χ3v) is 5.84. The standard InChI is InChI=1S/C20H23N5O2S/c1-14(16-9-8-15-5-2-3-6-17(15)11-16)21-19(26)13-28-20-22-23-24-25(20)12-18-7-4-10-27-18/h2-3,5-6,8-9,11,14,18H,4,7,10,12-13H2,1H3,(H,21,26)/t14-,18+/m1/s1. The third kappa shape index (κ3) is 4.51. The average molecular weight is 398 g/mol. The zero-order valence-electron chi connectivity index (χ0n) is 15.7. The molecule has 0 radical (unpaired) electrons. The molecular formula is C20H23N5O2S. The highest BCUT2D eigenvalue weighted by Gasteiger charge is 2.19. The number of carbonyl (C=O) groups is 1. The second kappa shape index (κ2) is 8.70. The molecule has 4 rings (SSSR count). The number of amides is 1. The lowest BCUT2D eigenvalue weighted by Gasteiger charge is -2.15. The molecule has 7 nitrogen and oxygen atoms in total. The van der Waals surface area contributed by atoms with Crippen LogP contribution in [0.3, 0.4) is 0 Å². The summed E-state index contributed by atoms with van der Waals surface area (Å²) in [5.41, 5.74) is 1.08. The molecule has 2 aromatic carbocycles. The summed E-state index contributed by atoms with van der Waals surface area (Å²) >= 11 is 1.34. The van der Waals surface area contributed by atoms with E-state index in [0.717, 1.165) is 25.0 Å². The first-order valence-electron chi connectivity index (χ1n) is 9.47. The van der Waals surface area contributed by atoms with Crippen LogP contribution in [0.15, 0.2) is 47.6 Å². The van der Waals surface area contributed by atoms with Crippen LogP contribution in [0.1, 0.15) is 31.4 Å². The number of hydrogen-bond donors (Lipinski definition) is 1. The van der Waals surface area contributed by atoms with Crippen molar-refractivity contribution in [1.29, 1.82) is 0 Å². The highest BCUT2D eigenvalue weighted by atomic mass is 32.2. The maximum atomic E-state index is 12.4. The Morgan fingerprint density at radius 1 is 1.32 bits per heavy atom. The van der Waals surface area contributed by atoms with Gasteiger partial charge in [0.05, 0.1) is 24.4 Å². The van der Waals surface area contributed by atoms with E-state index in [2.05, 4.69) is 51.2 Å². The first-order chi connectivity index (χ1) is 13.7. The lowest BCUT2D eigenvalue weighted by atomic mass is 10.0. The molecule has 2 atom stereocenters. The number of benzene rings is 2. The highest BCUT2D eigenvalue weighted by Crippen LogP contribution is 2.21. The van der Waals surface area contributed by atoms with Crippen LogP contribution < -0.4 is 5.32 Å². The lowest BCUT2D eigenvalue weighted by Crippen LogP contribution is -2.28. The monoisotopic (exact) mass is 397 g/mol. The van der Waals surface area contributed by atoms with Crippen LogP contribution in [0.2, 0.25) is 0 Å². The second-order valence-corrected chi connectivity index (χ2v) is 7.91. The molecular weight excluding hydrogens is 374 g/mol. The smallest absolute Gasteiger partial charge is 0.230 e. The van der Waals surface area contributed by atoms with Gasteiger partial charge in [0.25, 0.3) is 0 Å². The van der Waals surface area contributed by atoms with Crippen molar-refractivity contribution in [2.45, 2.75) is 43.6 Å². The summed E-state index contributed by atoms with van der Waals surface area (Å²) in [6.45, 7) is 3.42. The van der Waals surface area contributed by atoms with Crippen LogP contribution in [0.25, 0.3) is 10.8 Å². The lowest BCUT2D eigenvalue weighted by molar-refractivity contribution is -0.119. The minimum atomic E-state index is -0.0689. The minimum Gasteiger partial charge on any atom is -0.376 e. The number of ether oxygens (including phenoxy) is 1. The molecule has 0 saturated carbocycles. The quantitative estimate of drug-likeness (QED) is 0.617. The van der Waals surface area contributed by atoms with Crippen molar-refractivity contribution in [3.05, 3.63) is 48.0 Å². The van der Waals surface area contributed by atoms with Gasteiger partial charge in [-0.1, -0.05) is 48.2 Å². The van der Waals surface area contributed by atoms with E-state index in [0.29, 0.717) is 11.7 Å². The van der Waals surface area contributed by atoms with Crippen LogP contribution in [0.5, 0.6) is 0 Å². The van der Waals surface area contributed by atoms with Crippen LogP contribution in [0, 0.1) is 0 Å². The Hall–Kier alpha value is -2.45. The normalized spacial score (nSPS) is 17.7. The van der Waals surface area contributed by atoms with E-state index < -0.39 is 0 Å². The van der Waals surface area contributed by atoms with Gasteiger partial charge < -0.3 is 10.1 Å². The Bertz CT molecular complexity index is 954. The van der Waals surface area contributed by atoms with Crippen LogP contribution in [-0.2, 0) is 16.1 Å². The van der Waals surface area contributed by atoms with Crippen LogP contribution >= 0.6 is 11.8 Å². The molecule has 2 heterocycles. The molecule has 1 N–H and O–H groups in total. The zero-order chi connectivity index (χ0) is 19.3. The molecule has 0 spiro atoms. The van der Waals surface area contributed by atoms with Gasteiger partial charge in [0, 0.05) is 6.61 Å². The van der Waals surface area contributed by atoms with E-state index in [1.54, 1.807) is 4.68 Å². The van der Waals surface area contributed by atoms with E-state index in [1.807, 2.05) is 19.1 Å². The summed E-state index contributed by atoms with van der Waals surface area (Å²) in [7, 11) is 0. The van der Waals surface area contributed by atoms with Crippen molar-refractivity contribution in [2.24, 2.45) is 0 Å². The van der Waals surface area contributed by atoms with Gasteiger partial charge >= 0.3 is 0 Å². The molecule has 28 heavy (non-hydrogen) atoms. The summed E-state index contributed by atoms with van der Waals surface area (Å²) in [5, 5.41) is 17.8. The molecule has 1 aromatic heterocycles. The van der Waals surface area contributed by atoms with Crippen molar-refractivity contribution in [3.8, 4) is 0 Å². The number of carbonyl (C=O) groups excluding carboxylic acids is 1. The van der Waals surface area contributed by atoms with E-state index in [4.69, 9.17) is 4.74 Å². The maximum Gasteiger partial charge on any atom is 0.230 e. The summed E-state index contributed by atoms with van der Waals surface area (Å²) in [6.07, 6.45) is 2.25. The Morgan fingerprint density at radius 2 is 2.18 bits per heavy atom. The summed E-state index contributed by atoms with van der Waals surface area (Å²) in [4.78, 5) is 12.4. The Morgan fingerprint density at radius 3 is 3.00 bits per heavy atom. The molecule has 0 bridgehead atoms. The fraction of sp³-hybridized carbons (Fsp3) is 0.400. The van der Waals surface area contributed by atoms with E-state index in [1.165, 1.54) is 22.5 Å². The first-order valence-corrected chi connectivity index (χ1v) is 10.5. The molecule has 1 fully saturated rings. The Kier molecular flexibility index (Phi) is 5.87. The van der Waals surface area contributed by atoms with Gasteiger partial charge in [0.2, 0.25) is 11.1 Å². The summed E-state index contributed by atoms with van der Waals surface area (Å²) < 4.78 is 7.36. The number of hydrogen-bond acceptors (Lipinski definition) is 6. The van der Waals surface area contributed by atoms with E-state index in [-0.39, 0.29) is 23.8 Å². The van der Waals surface area contributed by atoms with Gasteiger partial charge in [-0.3, -0.25) is 4.79 Å². The number of fused-ring (bicyclic) bond motifs is 1. The molecule has 3 aromatic rings. The van der Waals surface area contributed by atoms with Gasteiger partial charge in [-0.15, -0.1) is 5.10 Å². The van der Waals surface area contributed by atoms with Gasteiger partial charge in [0.15, 0.2) is 0 Å². The van der Waals surface area contributed by atoms with Crippen molar-refractivity contribution in [3.63, 3.8) is 0 Å². The maximum absolute atomic E-state index is 12.4. The van der Waals surface area contributed by atoms with Crippen molar-refractivity contribution in [1.82, 2.24) is 25.5 Å². The SMILES string of the molecule is C[C@@H](NC(=O)CSc1nnnn1C[C@@H]1CCCO1)c1ccc2ccccc2c1. The molecule has 1 aliphatic rings. The number of aromatic nitrogens is 4. The topological polar surface area (TPSA) is 81.9 Å². The van der Waals surface area contributed by atoms with Crippen LogP contribution in [0.4, 0.5) is 0 Å². The van der Waals surface area contributed by atoms with E-state index >= 15 is 0 Å². The number of tetrazole rings is 1. The minimum absolute atomic E-state index is 0.0441. The molecule has 1 amide bonds. The molecule has 8 heteroatoms. The highest BCUT2D eigenvalue weighted by molar-refractivity contribution is 7.99. The second-order valence-electron chi connectivity index (χ2n) is 6.96. The molecule has 1 saturated heterocycles. The van der Waals surface area contributed by atoms with Gasteiger partial charge in [0.1, 0.15) is 0 Å². The predicted octanol–water partition coefficient (Wildman–Crippen LogP) is 2.97. The third-order valence-electron chi connectivity index (χ3n) is 4.88. The number of nitrogens with zero attached hydrogens (tertiary/aromatic N) is 4. The molecule has 0 aliphatic carbocycles. The Balaban J connectivity index is 1.32. The van der Waals surface area contributed by atoms with E-state index in [9.17, 15) is 4.79 Å². The van der Waals surface area contributed by atoms with Crippen molar-refractivity contribution >= 4 is 28.4 Å². The molecule has 1 aliphatic heterocycles. The summed E-state index contributed by atoms with van der Waals surface area (Å²) in [6, 6.07) is 14.4. The zero-order valence-corrected chi connectivity index (χ0v) is 16.6. The van der Waals surface area contributed by atoms with Gasteiger partial charge in [-0.2, -0.15) is 0 Å². The molecule has 146 valence electrons. The largest absolute Gasteiger partial charge is 0.376 e. The van der Waals surface area contributed by atoms with Crippen molar-refractivity contribution in [2.75, 3.05) is 12.4 Å². The number of rotatable bonds is 7. The fourth-order valence-corrected chi connectivity index (χ4v) is 4.07. The van der Waals surface area contributed by atoms with Crippen LogP contribution in [-0.4, -0.2) is 44.6 Å². The van der Waals surface area contributed by atoms with Gasteiger partial charge in [-0.25, -0.2) is 4.68 Å². The van der Waals surface area contributed by atoms with Gasteiger partial charge in [-0.05, 0) is 52.6 Å². The number of nitrogens with one attached hydrogen (secondary N) is 1.